The maximum atomic E-state index is 3.93. The number of aliphatic imine (C=N–C) groups is 1. The summed E-state index contributed by atoms with van der Waals surface area (Å²) in [5.74, 6) is 0. The highest BCUT2D eigenvalue weighted by atomic mass is 15.4. The third-order valence-electron chi connectivity index (χ3n) is 1.53. The molecule has 0 amide bonds. The number of nitrogens with zero attached hydrogens (tertiary/aromatic N) is 3. The van der Waals surface area contributed by atoms with E-state index in [4.69, 9.17) is 0 Å². The third kappa shape index (κ3) is 3.25. The van der Waals surface area contributed by atoms with Gasteiger partial charge in [0.05, 0.1) is 0 Å². The molecule has 0 aromatic carbocycles. The minimum Gasteiger partial charge on any atom is -0.288 e. The van der Waals surface area contributed by atoms with Gasteiger partial charge >= 0.3 is 0 Å². The van der Waals surface area contributed by atoms with Crippen LogP contribution in [0.5, 0.6) is 0 Å². The van der Waals surface area contributed by atoms with Gasteiger partial charge in [0.1, 0.15) is 6.01 Å². The van der Waals surface area contributed by atoms with Crippen molar-refractivity contribution in [2.75, 3.05) is 14.1 Å². The standard InChI is InChI=1S/C7H15N3/c1-5-7(2)10(4)9-6-8-3/h7H,5H2,1-4H3. The molecule has 0 heterocycles. The second-order valence-electron chi connectivity index (χ2n) is 2.25. The molecular weight excluding hydrogens is 126 g/mol. The van der Waals surface area contributed by atoms with Crippen molar-refractivity contribution >= 4 is 6.01 Å². The highest BCUT2D eigenvalue weighted by Gasteiger charge is 2.00. The minimum atomic E-state index is 0.467. The van der Waals surface area contributed by atoms with Crippen LogP contribution < -0.4 is 0 Å². The molecule has 0 aliphatic heterocycles. The van der Waals surface area contributed by atoms with Gasteiger partial charge in [-0.15, -0.1) is 5.10 Å². The van der Waals surface area contributed by atoms with E-state index in [1.54, 1.807) is 7.05 Å². The highest BCUT2D eigenvalue weighted by molar-refractivity contribution is 5.39. The Balaban J connectivity index is 3.83. The Morgan fingerprint density at radius 3 is 2.60 bits per heavy atom. The largest absolute Gasteiger partial charge is 0.288 e. The maximum absolute atomic E-state index is 3.93. The summed E-state index contributed by atoms with van der Waals surface area (Å²) in [6.45, 7) is 4.24. The predicted molar refractivity (Wildman–Crippen MR) is 43.3 cm³/mol. The number of rotatable bonds is 3. The first-order chi connectivity index (χ1) is 4.72. The summed E-state index contributed by atoms with van der Waals surface area (Å²) in [7, 11) is 3.58. The van der Waals surface area contributed by atoms with Crippen molar-refractivity contribution in [2.45, 2.75) is 26.3 Å². The number of hydrazone groups is 1. The lowest BCUT2D eigenvalue weighted by Gasteiger charge is -2.17. The van der Waals surface area contributed by atoms with Crippen molar-refractivity contribution in [2.24, 2.45) is 10.1 Å². The van der Waals surface area contributed by atoms with E-state index in [0.29, 0.717) is 6.04 Å². The molecule has 58 valence electrons. The first kappa shape index (κ1) is 9.18. The van der Waals surface area contributed by atoms with E-state index in [1.165, 1.54) is 0 Å². The van der Waals surface area contributed by atoms with Crippen LogP contribution in [0, 0.1) is 0 Å². The molecule has 0 spiro atoms. The zero-order valence-electron chi connectivity index (χ0n) is 7.13. The Kier molecular flexibility index (Phi) is 4.59. The van der Waals surface area contributed by atoms with Crippen LogP contribution in [0.2, 0.25) is 0 Å². The fourth-order valence-corrected chi connectivity index (χ4v) is 0.478. The van der Waals surface area contributed by atoms with E-state index >= 15 is 0 Å². The van der Waals surface area contributed by atoms with E-state index in [9.17, 15) is 0 Å². The van der Waals surface area contributed by atoms with Gasteiger partial charge in [0, 0.05) is 20.1 Å². The molecule has 3 nitrogen and oxygen atoms in total. The molecule has 0 aliphatic rings. The Hall–Kier alpha value is -0.820. The van der Waals surface area contributed by atoms with Crippen LogP contribution in [0.4, 0.5) is 0 Å². The van der Waals surface area contributed by atoms with Crippen LogP contribution in [-0.2, 0) is 0 Å². The molecule has 10 heavy (non-hydrogen) atoms. The molecule has 0 fully saturated rings. The quantitative estimate of drug-likeness (QED) is 0.431. The van der Waals surface area contributed by atoms with E-state index in [-0.39, 0.29) is 0 Å². The summed E-state index contributed by atoms with van der Waals surface area (Å²) < 4.78 is 0. The zero-order valence-corrected chi connectivity index (χ0v) is 7.13. The monoisotopic (exact) mass is 141 g/mol. The first-order valence-corrected chi connectivity index (χ1v) is 3.49. The fraction of sp³-hybridized carbons (Fsp3) is 0.857. The normalized spacial score (nSPS) is 11.6. The summed E-state index contributed by atoms with van der Waals surface area (Å²) in [6, 6.07) is 3.01. The van der Waals surface area contributed by atoms with Crippen LogP contribution >= 0.6 is 0 Å². The van der Waals surface area contributed by atoms with E-state index in [2.05, 4.69) is 29.9 Å². The van der Waals surface area contributed by atoms with Crippen molar-refractivity contribution in [3.05, 3.63) is 0 Å². The van der Waals surface area contributed by atoms with Crippen molar-refractivity contribution in [1.29, 1.82) is 0 Å². The molecular formula is C7H15N3. The average molecular weight is 141 g/mol. The van der Waals surface area contributed by atoms with Gasteiger partial charge in [0.2, 0.25) is 0 Å². The van der Waals surface area contributed by atoms with Gasteiger partial charge < -0.3 is 0 Å². The predicted octanol–water partition coefficient (Wildman–Crippen LogP) is 1.44. The molecule has 0 bridgehead atoms. The lowest BCUT2D eigenvalue weighted by atomic mass is 10.3. The minimum absolute atomic E-state index is 0.467. The fourth-order valence-electron chi connectivity index (χ4n) is 0.478. The van der Waals surface area contributed by atoms with Crippen LogP contribution in [0.1, 0.15) is 20.3 Å². The molecule has 0 aliphatic carbocycles. The van der Waals surface area contributed by atoms with E-state index < -0.39 is 0 Å². The number of hydrogen-bond acceptors (Lipinski definition) is 3. The molecule has 0 aromatic rings. The SMILES string of the molecule is CCC(C)N(C)N=C=NC. The van der Waals surface area contributed by atoms with Gasteiger partial charge in [-0.3, -0.25) is 5.01 Å². The zero-order chi connectivity index (χ0) is 7.98. The van der Waals surface area contributed by atoms with Crippen molar-refractivity contribution in [3.8, 4) is 0 Å². The maximum Gasteiger partial charge on any atom is 0.114 e. The molecule has 0 saturated carbocycles. The first-order valence-electron chi connectivity index (χ1n) is 3.49. The Morgan fingerprint density at radius 2 is 2.20 bits per heavy atom. The van der Waals surface area contributed by atoms with Gasteiger partial charge in [-0.05, 0) is 13.3 Å². The molecule has 0 rings (SSSR count). The van der Waals surface area contributed by atoms with Crippen LogP contribution in [-0.4, -0.2) is 31.2 Å². The molecule has 1 unspecified atom stereocenters. The molecule has 3 heteroatoms. The number of hydrogen-bond donors (Lipinski definition) is 0. The van der Waals surface area contributed by atoms with E-state index in [0.717, 1.165) is 6.42 Å². The molecule has 0 radical (unpaired) electrons. The van der Waals surface area contributed by atoms with Crippen LogP contribution in [0.15, 0.2) is 10.1 Å². The van der Waals surface area contributed by atoms with Crippen LogP contribution in [0.25, 0.3) is 0 Å². The topological polar surface area (TPSA) is 28.0 Å². The third-order valence-corrected chi connectivity index (χ3v) is 1.53. The highest BCUT2D eigenvalue weighted by Crippen LogP contribution is 1.98. The average Bonchev–Trinajstić information content (AvgIpc) is 1.98. The summed E-state index contributed by atoms with van der Waals surface area (Å²) >= 11 is 0. The summed E-state index contributed by atoms with van der Waals surface area (Å²) in [5, 5.41) is 5.78. The van der Waals surface area contributed by atoms with E-state index in [1.807, 2.05) is 12.1 Å². The van der Waals surface area contributed by atoms with Gasteiger partial charge in [0.25, 0.3) is 0 Å². The second kappa shape index (κ2) is 5.00. The molecule has 0 saturated heterocycles. The van der Waals surface area contributed by atoms with Crippen LogP contribution in [0.3, 0.4) is 0 Å². The second-order valence-corrected chi connectivity index (χ2v) is 2.25. The van der Waals surface area contributed by atoms with Gasteiger partial charge in [-0.1, -0.05) is 6.92 Å². The van der Waals surface area contributed by atoms with Gasteiger partial charge in [-0.25, -0.2) is 4.99 Å². The van der Waals surface area contributed by atoms with Gasteiger partial charge in [0.15, 0.2) is 0 Å². The lowest BCUT2D eigenvalue weighted by molar-refractivity contribution is 0.266. The van der Waals surface area contributed by atoms with Crippen molar-refractivity contribution in [1.82, 2.24) is 5.01 Å². The van der Waals surface area contributed by atoms with Crippen molar-refractivity contribution in [3.63, 3.8) is 0 Å². The molecule has 1 atom stereocenters. The Morgan fingerprint density at radius 1 is 1.60 bits per heavy atom. The summed E-state index contributed by atoms with van der Waals surface area (Å²) in [6.07, 6.45) is 1.09. The smallest absolute Gasteiger partial charge is 0.114 e. The molecule has 0 aromatic heterocycles. The Labute approximate surface area is 62.4 Å². The molecule has 0 N–H and O–H groups in total. The summed E-state index contributed by atoms with van der Waals surface area (Å²) in [4.78, 5) is 3.63. The summed E-state index contributed by atoms with van der Waals surface area (Å²) in [5.41, 5.74) is 0. The van der Waals surface area contributed by atoms with Crippen molar-refractivity contribution < 1.29 is 0 Å². The lowest BCUT2D eigenvalue weighted by Crippen LogP contribution is -2.22. The van der Waals surface area contributed by atoms with Gasteiger partial charge in [-0.2, -0.15) is 0 Å². The Bertz CT molecular complexity index is 136.